The summed E-state index contributed by atoms with van der Waals surface area (Å²) in [6.07, 6.45) is 5.13. The van der Waals surface area contributed by atoms with Gasteiger partial charge in [0, 0.05) is 22.3 Å². The zero-order chi connectivity index (χ0) is 12.7. The highest BCUT2D eigenvalue weighted by Crippen LogP contribution is 2.15. The summed E-state index contributed by atoms with van der Waals surface area (Å²) in [6, 6.07) is 5.66. The number of halogens is 1. The van der Waals surface area contributed by atoms with E-state index in [1.54, 1.807) is 11.8 Å². The molecule has 90 valence electrons. The van der Waals surface area contributed by atoms with Crippen LogP contribution in [0.3, 0.4) is 0 Å². The molecule has 1 rings (SSSR count). The number of nitrogens with one attached hydrogen (secondary N) is 1. The lowest BCUT2D eigenvalue weighted by Gasteiger charge is -2.06. The van der Waals surface area contributed by atoms with Crippen molar-refractivity contribution in [1.82, 2.24) is 5.32 Å². The number of benzene rings is 1. The lowest BCUT2D eigenvalue weighted by atomic mass is 10.1. The van der Waals surface area contributed by atoms with Gasteiger partial charge in [-0.25, -0.2) is 0 Å². The van der Waals surface area contributed by atoms with E-state index in [1.165, 1.54) is 0 Å². The van der Waals surface area contributed by atoms with Gasteiger partial charge in [0.1, 0.15) is 0 Å². The molecule has 1 aromatic rings. The Balaban J connectivity index is 2.44. The Morgan fingerprint density at radius 2 is 2.29 bits per heavy atom. The highest BCUT2D eigenvalue weighted by molar-refractivity contribution is 9.10. The van der Waals surface area contributed by atoms with Crippen molar-refractivity contribution in [2.75, 3.05) is 18.1 Å². The fourth-order valence-electron chi connectivity index (χ4n) is 1.34. The van der Waals surface area contributed by atoms with Crippen molar-refractivity contribution in [3.63, 3.8) is 0 Å². The van der Waals surface area contributed by atoms with Crippen LogP contribution in [-0.4, -0.2) is 24.0 Å². The first-order valence-corrected chi connectivity index (χ1v) is 7.15. The summed E-state index contributed by atoms with van der Waals surface area (Å²) in [4.78, 5) is 11.8. The van der Waals surface area contributed by atoms with Gasteiger partial charge < -0.3 is 5.32 Å². The average molecular weight is 312 g/mol. The molecule has 0 spiro atoms. The number of amides is 1. The van der Waals surface area contributed by atoms with Crippen molar-refractivity contribution < 1.29 is 4.79 Å². The van der Waals surface area contributed by atoms with E-state index in [9.17, 15) is 4.79 Å². The monoisotopic (exact) mass is 311 g/mol. The first-order chi connectivity index (χ1) is 8.13. The van der Waals surface area contributed by atoms with Gasteiger partial charge in [-0.2, -0.15) is 0 Å². The third-order valence-corrected chi connectivity index (χ3v) is 3.34. The Bertz CT molecular complexity index is 419. The van der Waals surface area contributed by atoms with E-state index in [2.05, 4.69) is 27.2 Å². The molecule has 0 unspecified atom stereocenters. The molecule has 0 radical (unpaired) electrons. The van der Waals surface area contributed by atoms with Crippen LogP contribution in [0.1, 0.15) is 15.9 Å². The number of terminal acetylenes is 1. The van der Waals surface area contributed by atoms with E-state index in [4.69, 9.17) is 6.42 Å². The van der Waals surface area contributed by atoms with Gasteiger partial charge in [-0.15, -0.1) is 18.2 Å². The van der Waals surface area contributed by atoms with Crippen molar-refractivity contribution in [3.05, 3.63) is 33.8 Å². The minimum atomic E-state index is -0.0456. The van der Waals surface area contributed by atoms with Gasteiger partial charge in [0.25, 0.3) is 5.91 Å². The van der Waals surface area contributed by atoms with Gasteiger partial charge in [-0.3, -0.25) is 4.79 Å². The maximum Gasteiger partial charge on any atom is 0.251 e. The molecule has 0 aliphatic rings. The van der Waals surface area contributed by atoms with Gasteiger partial charge in [-0.05, 0) is 30.7 Å². The molecule has 4 heteroatoms. The molecule has 1 amide bonds. The molecular weight excluding hydrogens is 298 g/mol. The number of thioether (sulfide) groups is 1. The summed E-state index contributed by atoms with van der Waals surface area (Å²) in [5.41, 5.74) is 1.74. The molecule has 1 N–H and O–H groups in total. The van der Waals surface area contributed by atoms with E-state index < -0.39 is 0 Å². The molecule has 0 heterocycles. The number of rotatable bonds is 5. The molecule has 2 nitrogen and oxygen atoms in total. The summed E-state index contributed by atoms with van der Waals surface area (Å²) in [6.45, 7) is 2.60. The van der Waals surface area contributed by atoms with E-state index in [0.717, 1.165) is 15.8 Å². The van der Waals surface area contributed by atoms with E-state index in [-0.39, 0.29) is 5.91 Å². The van der Waals surface area contributed by atoms with Crippen molar-refractivity contribution in [1.29, 1.82) is 0 Å². The lowest BCUT2D eigenvalue weighted by Crippen LogP contribution is -2.25. The molecular formula is C13H14BrNOS. The molecule has 0 aromatic heterocycles. The van der Waals surface area contributed by atoms with Gasteiger partial charge in [0.15, 0.2) is 0 Å². The van der Waals surface area contributed by atoms with Crippen LogP contribution >= 0.6 is 27.7 Å². The second-order valence-electron chi connectivity index (χ2n) is 3.53. The molecule has 0 saturated heterocycles. The Labute approximate surface area is 115 Å². The molecule has 0 aliphatic heterocycles. The van der Waals surface area contributed by atoms with Crippen LogP contribution in [0, 0.1) is 19.3 Å². The standard InChI is InChI=1S/C13H14BrNOS/c1-3-5-17-6-4-15-13(16)11-7-10(2)8-12(14)9-11/h1,7-9H,4-6H2,2H3,(H,15,16). The Morgan fingerprint density at radius 1 is 1.53 bits per heavy atom. The number of aryl methyl sites for hydroxylation is 1. The topological polar surface area (TPSA) is 29.1 Å². The van der Waals surface area contributed by atoms with E-state index in [0.29, 0.717) is 17.9 Å². The number of carbonyl (C=O) groups is 1. The van der Waals surface area contributed by atoms with Gasteiger partial charge in [-0.1, -0.05) is 21.9 Å². The zero-order valence-electron chi connectivity index (χ0n) is 9.63. The van der Waals surface area contributed by atoms with Crippen molar-refractivity contribution in [3.8, 4) is 12.3 Å². The molecule has 0 saturated carbocycles. The molecule has 1 aromatic carbocycles. The Hall–Kier alpha value is -0.920. The predicted molar refractivity (Wildman–Crippen MR) is 77.4 cm³/mol. The molecule has 0 bridgehead atoms. The molecule has 0 atom stereocenters. The smallest absolute Gasteiger partial charge is 0.251 e. The van der Waals surface area contributed by atoms with Crippen LogP contribution in [0.15, 0.2) is 22.7 Å². The van der Waals surface area contributed by atoms with E-state index in [1.807, 2.05) is 25.1 Å². The fraction of sp³-hybridized carbons (Fsp3) is 0.308. The second-order valence-corrected chi connectivity index (χ2v) is 5.55. The van der Waals surface area contributed by atoms with Crippen molar-refractivity contribution >= 4 is 33.6 Å². The molecule has 0 fully saturated rings. The first-order valence-electron chi connectivity index (χ1n) is 5.20. The van der Waals surface area contributed by atoms with E-state index >= 15 is 0 Å². The highest BCUT2D eigenvalue weighted by atomic mass is 79.9. The largest absolute Gasteiger partial charge is 0.351 e. The maximum absolute atomic E-state index is 11.8. The van der Waals surface area contributed by atoms with Gasteiger partial charge >= 0.3 is 0 Å². The van der Waals surface area contributed by atoms with Gasteiger partial charge in [0.05, 0.1) is 5.75 Å². The van der Waals surface area contributed by atoms with Crippen molar-refractivity contribution in [2.24, 2.45) is 0 Å². The lowest BCUT2D eigenvalue weighted by molar-refractivity contribution is 0.0956. The van der Waals surface area contributed by atoms with Crippen LogP contribution in [0.4, 0.5) is 0 Å². The minimum Gasteiger partial charge on any atom is -0.351 e. The zero-order valence-corrected chi connectivity index (χ0v) is 12.0. The maximum atomic E-state index is 11.8. The fourth-order valence-corrected chi connectivity index (χ4v) is 2.45. The first kappa shape index (κ1) is 14.1. The molecule has 17 heavy (non-hydrogen) atoms. The van der Waals surface area contributed by atoms with Crippen LogP contribution in [0.25, 0.3) is 0 Å². The third kappa shape index (κ3) is 5.29. The normalized spacial score (nSPS) is 9.71. The average Bonchev–Trinajstić information content (AvgIpc) is 2.27. The summed E-state index contributed by atoms with van der Waals surface area (Å²) in [7, 11) is 0. The Morgan fingerprint density at radius 3 is 2.94 bits per heavy atom. The third-order valence-electron chi connectivity index (χ3n) is 2.02. The predicted octanol–water partition coefficient (Wildman–Crippen LogP) is 2.85. The van der Waals surface area contributed by atoms with Crippen LogP contribution in [0.5, 0.6) is 0 Å². The number of hydrogen-bond donors (Lipinski definition) is 1. The summed E-state index contributed by atoms with van der Waals surface area (Å²) < 4.78 is 0.921. The second kappa shape index (κ2) is 7.41. The minimum absolute atomic E-state index is 0.0456. The number of carbonyl (C=O) groups excluding carboxylic acids is 1. The summed E-state index contributed by atoms with van der Waals surface area (Å²) in [5.74, 6) is 4.02. The van der Waals surface area contributed by atoms with Gasteiger partial charge in [0.2, 0.25) is 0 Å². The summed E-state index contributed by atoms with van der Waals surface area (Å²) in [5, 5.41) is 2.86. The number of hydrogen-bond acceptors (Lipinski definition) is 2. The van der Waals surface area contributed by atoms with Crippen molar-refractivity contribution in [2.45, 2.75) is 6.92 Å². The quantitative estimate of drug-likeness (QED) is 0.669. The molecule has 0 aliphatic carbocycles. The van der Waals surface area contributed by atoms with Crippen LogP contribution in [-0.2, 0) is 0 Å². The van der Waals surface area contributed by atoms with Crippen LogP contribution < -0.4 is 5.32 Å². The SMILES string of the molecule is C#CCSCCNC(=O)c1cc(C)cc(Br)c1. The summed E-state index contributed by atoms with van der Waals surface area (Å²) >= 11 is 5.01. The Kier molecular flexibility index (Phi) is 6.17. The highest BCUT2D eigenvalue weighted by Gasteiger charge is 2.05. The van der Waals surface area contributed by atoms with Crippen LogP contribution in [0.2, 0.25) is 0 Å².